The van der Waals surface area contributed by atoms with Crippen molar-refractivity contribution in [3.8, 4) is 6.07 Å². The fourth-order valence-electron chi connectivity index (χ4n) is 6.99. The van der Waals surface area contributed by atoms with E-state index in [9.17, 15) is 14.4 Å². The van der Waals surface area contributed by atoms with Crippen LogP contribution >= 0.6 is 11.6 Å². The van der Waals surface area contributed by atoms with Gasteiger partial charge in [-0.3, -0.25) is 9.69 Å². The Morgan fingerprint density at radius 2 is 2.04 bits per heavy atom. The molecule has 0 spiro atoms. The lowest BCUT2D eigenvalue weighted by Crippen LogP contribution is -2.57. The van der Waals surface area contributed by atoms with Crippen molar-refractivity contribution in [3.63, 3.8) is 0 Å². The standard InChI is InChI=1S/C35H33ClF2N6O2/c1-4-30(45)44-14-13-43(19-24(44)17-40-2)34-27-12-11-26(25-9-5-7-21-8-6-10-29(36)31(21)25)32(38)33(27)41-35(28(34)16-39)46-20-23-15-22(37)18-42(23)3/h4-12,22-24,27,33H,1,13-15,17-20H2,3H3/t22-,23+,24+,27?,33?/m1/s1. The number of amides is 1. The van der Waals surface area contributed by atoms with Crippen LogP contribution in [0.2, 0.25) is 5.02 Å². The normalized spacial score (nSPS) is 26.5. The van der Waals surface area contributed by atoms with E-state index >= 15 is 4.39 Å². The summed E-state index contributed by atoms with van der Waals surface area (Å²) < 4.78 is 37.2. The third kappa shape index (κ3) is 5.68. The lowest BCUT2D eigenvalue weighted by molar-refractivity contribution is -0.130. The van der Waals surface area contributed by atoms with Gasteiger partial charge in [-0.1, -0.05) is 60.7 Å². The summed E-state index contributed by atoms with van der Waals surface area (Å²) in [5.74, 6) is -1.40. The van der Waals surface area contributed by atoms with Crippen LogP contribution in [0.4, 0.5) is 8.78 Å². The molecule has 3 aliphatic heterocycles. The van der Waals surface area contributed by atoms with Crippen molar-refractivity contribution in [1.29, 1.82) is 5.26 Å². The molecule has 5 atom stereocenters. The molecule has 2 aromatic rings. The van der Waals surface area contributed by atoms with Gasteiger partial charge in [0.05, 0.1) is 0 Å². The van der Waals surface area contributed by atoms with Gasteiger partial charge in [-0.15, -0.1) is 0 Å². The summed E-state index contributed by atoms with van der Waals surface area (Å²) in [5, 5.41) is 12.6. The zero-order valence-electron chi connectivity index (χ0n) is 25.4. The number of dihydropyridines is 1. The van der Waals surface area contributed by atoms with Crippen LogP contribution in [0.1, 0.15) is 12.0 Å². The number of aliphatic imine (C=N–C) groups is 1. The molecule has 8 nitrogen and oxygen atoms in total. The van der Waals surface area contributed by atoms with E-state index in [-0.39, 0.29) is 56.1 Å². The molecule has 0 radical (unpaired) electrons. The molecule has 0 bridgehead atoms. The molecule has 1 aliphatic carbocycles. The Bertz CT molecular complexity index is 1780. The van der Waals surface area contributed by atoms with Crippen LogP contribution in [0, 0.1) is 23.8 Å². The van der Waals surface area contributed by atoms with Crippen LogP contribution in [0.3, 0.4) is 0 Å². The third-order valence-corrected chi connectivity index (χ3v) is 9.57. The van der Waals surface area contributed by atoms with E-state index < -0.39 is 30.0 Å². The number of benzene rings is 2. The molecule has 11 heteroatoms. The average Bonchev–Trinajstić information content (AvgIpc) is 3.39. The number of alkyl halides is 1. The number of piperazine rings is 1. The number of rotatable bonds is 6. The summed E-state index contributed by atoms with van der Waals surface area (Å²) >= 11 is 6.61. The molecule has 3 heterocycles. The van der Waals surface area contributed by atoms with Crippen molar-refractivity contribution in [2.45, 2.75) is 30.7 Å². The topological polar surface area (TPSA) is 76.5 Å². The Morgan fingerprint density at radius 1 is 1.26 bits per heavy atom. The maximum absolute atomic E-state index is 16.9. The predicted molar refractivity (Wildman–Crippen MR) is 174 cm³/mol. The molecule has 2 aromatic carbocycles. The monoisotopic (exact) mass is 642 g/mol. The SMILES string of the molecule is [C-]#[N+]C[C@H]1CN(C2=C(C#N)C(OC[C@@H]3C[C@@H](F)CN3C)=NC3C(F)=C(c4cccc5cccc(Cl)c45)C=CC23)CCN1C(=O)C=C. The average molecular weight is 643 g/mol. The molecular formula is C35H33ClF2N6O2. The minimum atomic E-state index is -1.04. The fraction of sp³-hybridized carbons (Fsp3) is 0.371. The van der Waals surface area contributed by atoms with Gasteiger partial charge in [-0.2, -0.15) is 5.26 Å². The van der Waals surface area contributed by atoms with Gasteiger partial charge in [-0.25, -0.2) is 20.3 Å². The Labute approximate surface area is 272 Å². The number of nitrogens with zero attached hydrogens (tertiary/aromatic N) is 6. The number of likely N-dealkylation sites (tertiary alicyclic amines) is 1. The molecule has 6 rings (SSSR count). The maximum atomic E-state index is 16.9. The van der Waals surface area contributed by atoms with Gasteiger partial charge in [0, 0.05) is 59.8 Å². The first-order valence-electron chi connectivity index (χ1n) is 15.2. The Hall–Kier alpha value is -4.51. The van der Waals surface area contributed by atoms with Crippen LogP contribution in [0.5, 0.6) is 0 Å². The first-order valence-corrected chi connectivity index (χ1v) is 15.6. The second-order valence-corrected chi connectivity index (χ2v) is 12.4. The Balaban J connectivity index is 1.42. The quantitative estimate of drug-likeness (QED) is 0.303. The zero-order chi connectivity index (χ0) is 32.5. The van der Waals surface area contributed by atoms with E-state index in [2.05, 4.69) is 17.5 Å². The summed E-state index contributed by atoms with van der Waals surface area (Å²) in [4.78, 5) is 26.3. The van der Waals surface area contributed by atoms with Crippen LogP contribution < -0.4 is 0 Å². The minimum Gasteiger partial charge on any atom is -0.475 e. The summed E-state index contributed by atoms with van der Waals surface area (Å²) in [5.41, 5.74) is 1.66. The molecule has 236 valence electrons. The number of likely N-dealkylation sites (N-methyl/N-ethyl adjacent to an activating group) is 1. The van der Waals surface area contributed by atoms with E-state index in [0.717, 1.165) is 10.8 Å². The van der Waals surface area contributed by atoms with E-state index in [1.165, 1.54) is 6.08 Å². The van der Waals surface area contributed by atoms with Crippen molar-refractivity contribution >= 4 is 39.8 Å². The van der Waals surface area contributed by atoms with Gasteiger partial charge in [0.2, 0.25) is 18.3 Å². The maximum Gasteiger partial charge on any atom is 0.246 e. The number of ether oxygens (including phenoxy) is 1. The first-order chi connectivity index (χ1) is 22.2. The van der Waals surface area contributed by atoms with Gasteiger partial charge in [0.1, 0.15) is 42.3 Å². The summed E-state index contributed by atoms with van der Waals surface area (Å²) in [6.07, 6.45) is 4.11. The number of halogens is 3. The van der Waals surface area contributed by atoms with E-state index in [1.54, 1.807) is 17.0 Å². The predicted octanol–water partition coefficient (Wildman–Crippen LogP) is 5.60. The Kier molecular flexibility index (Phi) is 8.95. The lowest BCUT2D eigenvalue weighted by Gasteiger charge is -2.44. The Morgan fingerprint density at radius 3 is 2.74 bits per heavy atom. The van der Waals surface area contributed by atoms with Gasteiger partial charge >= 0.3 is 0 Å². The molecule has 2 unspecified atom stereocenters. The van der Waals surface area contributed by atoms with Crippen LogP contribution in [0.25, 0.3) is 21.2 Å². The van der Waals surface area contributed by atoms with Crippen LogP contribution in [-0.2, 0) is 9.53 Å². The van der Waals surface area contributed by atoms with E-state index in [0.29, 0.717) is 34.9 Å². The molecule has 0 aromatic heterocycles. The van der Waals surface area contributed by atoms with Gasteiger partial charge in [0.15, 0.2) is 0 Å². The minimum absolute atomic E-state index is 0.00142. The zero-order valence-corrected chi connectivity index (χ0v) is 26.1. The summed E-state index contributed by atoms with van der Waals surface area (Å²) in [6, 6.07) is 11.7. The molecule has 46 heavy (non-hydrogen) atoms. The van der Waals surface area contributed by atoms with Gasteiger partial charge in [0.25, 0.3) is 0 Å². The molecule has 1 amide bonds. The van der Waals surface area contributed by atoms with Crippen molar-refractivity contribution in [3.05, 3.63) is 100 Å². The number of nitriles is 1. The highest BCUT2D eigenvalue weighted by atomic mass is 35.5. The summed E-state index contributed by atoms with van der Waals surface area (Å²) in [6.45, 7) is 12.4. The van der Waals surface area contributed by atoms with Crippen LogP contribution in [-0.4, -0.2) is 97.2 Å². The number of carbonyl (C=O) groups is 1. The number of allylic oxidation sites excluding steroid dienone is 2. The number of hydrogen-bond donors (Lipinski definition) is 0. The summed E-state index contributed by atoms with van der Waals surface area (Å²) in [7, 11) is 1.82. The van der Waals surface area contributed by atoms with Crippen LogP contribution in [0.15, 0.2) is 83.3 Å². The molecule has 2 fully saturated rings. The number of fused-ring (bicyclic) bond motifs is 2. The lowest BCUT2D eigenvalue weighted by atomic mass is 9.81. The highest BCUT2D eigenvalue weighted by Crippen LogP contribution is 2.44. The van der Waals surface area contributed by atoms with Crippen molar-refractivity contribution in [2.75, 3.05) is 46.4 Å². The van der Waals surface area contributed by atoms with Crippen molar-refractivity contribution < 1.29 is 18.3 Å². The van der Waals surface area contributed by atoms with E-state index in [4.69, 9.17) is 27.9 Å². The molecular weight excluding hydrogens is 610 g/mol. The fourth-order valence-corrected chi connectivity index (χ4v) is 7.28. The number of hydrogen-bond acceptors (Lipinski definition) is 6. The third-order valence-electron chi connectivity index (χ3n) is 9.26. The highest BCUT2D eigenvalue weighted by molar-refractivity contribution is 6.36. The highest BCUT2D eigenvalue weighted by Gasteiger charge is 2.44. The smallest absolute Gasteiger partial charge is 0.246 e. The van der Waals surface area contributed by atoms with E-state index in [1.807, 2.05) is 53.3 Å². The largest absolute Gasteiger partial charge is 0.475 e. The van der Waals surface area contributed by atoms with Crippen molar-refractivity contribution in [1.82, 2.24) is 14.7 Å². The molecule has 0 N–H and O–H groups in total. The van der Waals surface area contributed by atoms with Gasteiger partial charge in [-0.05, 0) is 36.6 Å². The van der Waals surface area contributed by atoms with Crippen molar-refractivity contribution in [2.24, 2.45) is 10.9 Å². The molecule has 2 saturated heterocycles. The first kappa shape index (κ1) is 31.5. The van der Waals surface area contributed by atoms with Gasteiger partial charge < -0.3 is 19.4 Å². The molecule has 0 saturated carbocycles. The second-order valence-electron chi connectivity index (χ2n) is 12.0. The molecule has 4 aliphatic rings. The number of carbonyl (C=O) groups excluding carboxylic acids is 1. The second kappa shape index (κ2) is 13.1.